The van der Waals surface area contributed by atoms with E-state index in [0.717, 1.165) is 16.0 Å². The third-order valence-corrected chi connectivity index (χ3v) is 4.51. The van der Waals surface area contributed by atoms with Gasteiger partial charge >= 0.3 is 5.88 Å². The van der Waals surface area contributed by atoms with Crippen LogP contribution in [0.15, 0.2) is 70.2 Å². The van der Waals surface area contributed by atoms with Crippen LogP contribution in [-0.2, 0) is 4.79 Å². The molecular weight excluding hydrogens is 422 g/mol. The molecule has 2 aromatic carbocycles. The van der Waals surface area contributed by atoms with Gasteiger partial charge in [-0.3, -0.25) is 14.9 Å². The smallest absolute Gasteiger partial charge is 0.400 e. The summed E-state index contributed by atoms with van der Waals surface area (Å²) in [6.07, 6.45) is 1.19. The first-order valence-corrected chi connectivity index (χ1v) is 9.42. The second-order valence-corrected chi connectivity index (χ2v) is 6.84. The molecule has 2 heterocycles. The summed E-state index contributed by atoms with van der Waals surface area (Å²) in [6.45, 7) is 1.31. The number of carbonyl (C=O) groups is 1. The molecule has 4 rings (SSSR count). The van der Waals surface area contributed by atoms with Gasteiger partial charge < -0.3 is 4.42 Å². The first-order chi connectivity index (χ1) is 14.9. The van der Waals surface area contributed by atoms with Gasteiger partial charge in [-0.05, 0) is 24.3 Å². The molecule has 0 unspecified atom stereocenters. The van der Waals surface area contributed by atoms with Crippen molar-refractivity contribution in [3.05, 3.63) is 81.6 Å². The van der Waals surface area contributed by atoms with Crippen LogP contribution >= 0.6 is 11.6 Å². The van der Waals surface area contributed by atoms with Crippen LogP contribution in [0.3, 0.4) is 0 Å². The Labute approximate surface area is 180 Å². The summed E-state index contributed by atoms with van der Waals surface area (Å²) < 4.78 is 5.05. The summed E-state index contributed by atoms with van der Waals surface area (Å²) in [6, 6.07) is 17.2. The summed E-state index contributed by atoms with van der Waals surface area (Å²) in [5, 5.41) is 17.1. The molecule has 9 nitrogen and oxygen atoms in total. The van der Waals surface area contributed by atoms with Crippen LogP contribution in [-0.4, -0.2) is 27.0 Å². The zero-order valence-electron chi connectivity index (χ0n) is 16.1. The lowest BCUT2D eigenvalue weighted by atomic mass is 10.1. The molecule has 0 bridgehead atoms. The molecule has 0 fully saturated rings. The van der Waals surface area contributed by atoms with Gasteiger partial charge in [-0.15, -0.1) is 0 Å². The monoisotopic (exact) mass is 435 g/mol. The Morgan fingerprint density at radius 2 is 1.94 bits per heavy atom. The second kappa shape index (κ2) is 8.33. The second-order valence-electron chi connectivity index (χ2n) is 6.41. The summed E-state index contributed by atoms with van der Waals surface area (Å²) in [4.78, 5) is 31.4. The molecule has 10 heteroatoms. The Hall–Kier alpha value is -4.11. The van der Waals surface area contributed by atoms with E-state index < -0.39 is 16.7 Å². The van der Waals surface area contributed by atoms with Crippen molar-refractivity contribution in [2.75, 3.05) is 5.01 Å². The van der Waals surface area contributed by atoms with Crippen LogP contribution in [0.2, 0.25) is 5.02 Å². The predicted octanol–water partition coefficient (Wildman–Crippen LogP) is 4.84. The van der Waals surface area contributed by atoms with Crippen LogP contribution in [0.4, 0.5) is 11.8 Å². The van der Waals surface area contributed by atoms with Crippen molar-refractivity contribution in [3.8, 4) is 11.3 Å². The van der Waals surface area contributed by atoms with E-state index in [2.05, 4.69) is 15.1 Å². The van der Waals surface area contributed by atoms with Crippen molar-refractivity contribution in [1.29, 1.82) is 0 Å². The molecule has 0 radical (unpaired) electrons. The number of halogens is 1. The van der Waals surface area contributed by atoms with E-state index in [0.29, 0.717) is 16.2 Å². The quantitative estimate of drug-likeness (QED) is 0.251. The van der Waals surface area contributed by atoms with Crippen molar-refractivity contribution in [3.63, 3.8) is 0 Å². The maximum absolute atomic E-state index is 12.3. The molecule has 2 aromatic heterocycles. The number of fused-ring (bicyclic) bond motifs is 1. The highest BCUT2D eigenvalue weighted by Crippen LogP contribution is 2.30. The number of carbonyl (C=O) groups excluding carboxylic acids is 1. The SMILES string of the molecule is CC(=O)N(N=Cc1ccc([N+](=O)[O-])o1)c1nc(-c2ccccc2)c2cc(Cl)ccc2n1. The van der Waals surface area contributed by atoms with Crippen molar-refractivity contribution < 1.29 is 14.1 Å². The highest BCUT2D eigenvalue weighted by molar-refractivity contribution is 6.31. The number of hydrogen-bond donors (Lipinski definition) is 0. The molecule has 0 aliphatic rings. The molecule has 0 saturated carbocycles. The molecule has 0 N–H and O–H groups in total. The Morgan fingerprint density at radius 3 is 2.61 bits per heavy atom. The number of amides is 1. The van der Waals surface area contributed by atoms with Crippen molar-refractivity contribution >= 4 is 46.5 Å². The summed E-state index contributed by atoms with van der Waals surface area (Å²) in [5.74, 6) is -0.738. The van der Waals surface area contributed by atoms with Gasteiger partial charge in [-0.25, -0.2) is 9.97 Å². The van der Waals surface area contributed by atoms with E-state index in [1.54, 1.807) is 18.2 Å². The van der Waals surface area contributed by atoms with Gasteiger partial charge in [0.05, 0.1) is 23.5 Å². The van der Waals surface area contributed by atoms with E-state index in [4.69, 9.17) is 16.0 Å². The van der Waals surface area contributed by atoms with E-state index in [1.807, 2.05) is 30.3 Å². The zero-order valence-corrected chi connectivity index (χ0v) is 16.9. The fraction of sp³-hybridized carbons (Fsp3) is 0.0476. The number of nitro groups is 1. The van der Waals surface area contributed by atoms with Crippen LogP contribution in [0.5, 0.6) is 0 Å². The zero-order chi connectivity index (χ0) is 22.0. The number of aromatic nitrogens is 2. The average molecular weight is 436 g/mol. The first-order valence-electron chi connectivity index (χ1n) is 9.04. The van der Waals surface area contributed by atoms with Crippen molar-refractivity contribution in [1.82, 2.24) is 9.97 Å². The third-order valence-electron chi connectivity index (χ3n) is 4.27. The number of anilines is 1. The number of hydrazone groups is 1. The summed E-state index contributed by atoms with van der Waals surface area (Å²) >= 11 is 6.17. The maximum atomic E-state index is 12.3. The lowest BCUT2D eigenvalue weighted by Crippen LogP contribution is -2.24. The standard InChI is InChI=1S/C21H14ClN5O4/c1-13(28)26(23-12-16-8-10-19(31-16)27(29)30)21-24-18-9-7-15(22)11-17(18)20(25-21)14-5-3-2-4-6-14/h2-12H,1H3. The molecular formula is C21H14ClN5O4. The summed E-state index contributed by atoms with van der Waals surface area (Å²) in [5.41, 5.74) is 1.97. The Morgan fingerprint density at radius 1 is 1.16 bits per heavy atom. The van der Waals surface area contributed by atoms with Gasteiger partial charge in [0.2, 0.25) is 5.91 Å². The summed E-state index contributed by atoms with van der Waals surface area (Å²) in [7, 11) is 0. The van der Waals surface area contributed by atoms with Crippen LogP contribution in [0.1, 0.15) is 12.7 Å². The van der Waals surface area contributed by atoms with Crippen LogP contribution in [0.25, 0.3) is 22.2 Å². The van der Waals surface area contributed by atoms with Gasteiger partial charge in [0.1, 0.15) is 4.92 Å². The Kier molecular flexibility index (Phi) is 5.42. The fourth-order valence-corrected chi connectivity index (χ4v) is 3.07. The fourth-order valence-electron chi connectivity index (χ4n) is 2.90. The van der Waals surface area contributed by atoms with Crippen LogP contribution < -0.4 is 5.01 Å². The number of furan rings is 1. The minimum absolute atomic E-state index is 0.0403. The van der Waals surface area contributed by atoms with Crippen molar-refractivity contribution in [2.45, 2.75) is 6.92 Å². The molecule has 154 valence electrons. The normalized spacial score (nSPS) is 11.2. The molecule has 0 saturated heterocycles. The van der Waals surface area contributed by atoms with E-state index in [9.17, 15) is 14.9 Å². The molecule has 1 amide bonds. The van der Waals surface area contributed by atoms with E-state index in [1.165, 1.54) is 25.3 Å². The van der Waals surface area contributed by atoms with E-state index >= 15 is 0 Å². The molecule has 4 aromatic rings. The number of rotatable bonds is 5. The lowest BCUT2D eigenvalue weighted by molar-refractivity contribution is -0.402. The topological polar surface area (TPSA) is 115 Å². The number of hydrogen-bond acceptors (Lipinski definition) is 7. The third kappa shape index (κ3) is 4.26. The van der Waals surface area contributed by atoms with Crippen molar-refractivity contribution in [2.24, 2.45) is 5.10 Å². The van der Waals surface area contributed by atoms with Gasteiger partial charge in [0, 0.05) is 22.9 Å². The van der Waals surface area contributed by atoms with Gasteiger partial charge in [0.25, 0.3) is 5.95 Å². The first kappa shape index (κ1) is 20.2. The molecule has 0 atom stereocenters. The molecule has 0 spiro atoms. The Balaban J connectivity index is 1.82. The number of benzene rings is 2. The van der Waals surface area contributed by atoms with Gasteiger partial charge in [-0.2, -0.15) is 10.1 Å². The highest BCUT2D eigenvalue weighted by Gasteiger charge is 2.18. The molecule has 31 heavy (non-hydrogen) atoms. The van der Waals surface area contributed by atoms with Gasteiger partial charge in [-0.1, -0.05) is 41.9 Å². The minimum Gasteiger partial charge on any atom is -0.400 e. The maximum Gasteiger partial charge on any atom is 0.433 e. The van der Waals surface area contributed by atoms with E-state index in [-0.39, 0.29) is 11.7 Å². The van der Waals surface area contributed by atoms with Crippen LogP contribution in [0, 0.1) is 10.1 Å². The Bertz CT molecular complexity index is 1320. The average Bonchev–Trinajstić information content (AvgIpc) is 3.23. The number of nitrogens with zero attached hydrogens (tertiary/aromatic N) is 5. The molecule has 0 aliphatic carbocycles. The highest BCUT2D eigenvalue weighted by atomic mass is 35.5. The van der Waals surface area contributed by atoms with Gasteiger partial charge in [0.15, 0.2) is 5.76 Å². The predicted molar refractivity (Wildman–Crippen MR) is 116 cm³/mol. The lowest BCUT2D eigenvalue weighted by Gasteiger charge is -2.15. The molecule has 0 aliphatic heterocycles. The minimum atomic E-state index is -0.663. The largest absolute Gasteiger partial charge is 0.433 e.